The van der Waals surface area contributed by atoms with Gasteiger partial charge in [-0.3, -0.25) is 5.43 Å². The van der Waals surface area contributed by atoms with E-state index in [1.165, 1.54) is 25.1 Å². The van der Waals surface area contributed by atoms with Crippen molar-refractivity contribution in [3.63, 3.8) is 0 Å². The Morgan fingerprint density at radius 2 is 2.27 bits per heavy atom. The molecule has 15 heavy (non-hydrogen) atoms. The average Bonchev–Trinajstić information content (AvgIpc) is 2.18. The van der Waals surface area contributed by atoms with E-state index in [4.69, 9.17) is 5.11 Å². The monoisotopic (exact) mass is 274 g/mol. The first kappa shape index (κ1) is 11.6. The number of benzene rings is 1. The van der Waals surface area contributed by atoms with E-state index in [0.717, 1.165) is 0 Å². The van der Waals surface area contributed by atoms with Crippen LogP contribution in [-0.2, 0) is 4.79 Å². The van der Waals surface area contributed by atoms with Crippen LogP contribution in [0.1, 0.15) is 6.92 Å². The molecule has 0 aliphatic heterocycles. The second-order valence-electron chi connectivity index (χ2n) is 2.74. The van der Waals surface area contributed by atoms with Crippen molar-refractivity contribution >= 4 is 33.3 Å². The summed E-state index contributed by atoms with van der Waals surface area (Å²) in [6.07, 6.45) is 0. The van der Waals surface area contributed by atoms with E-state index in [2.05, 4.69) is 26.5 Å². The Kier molecular flexibility index (Phi) is 3.79. The van der Waals surface area contributed by atoms with Crippen molar-refractivity contribution in [3.8, 4) is 0 Å². The molecule has 0 saturated carbocycles. The topological polar surface area (TPSA) is 61.7 Å². The van der Waals surface area contributed by atoms with Crippen molar-refractivity contribution in [2.45, 2.75) is 6.92 Å². The van der Waals surface area contributed by atoms with Gasteiger partial charge in [-0.15, -0.1) is 0 Å². The molecule has 2 N–H and O–H groups in total. The zero-order chi connectivity index (χ0) is 11.4. The van der Waals surface area contributed by atoms with E-state index in [0.29, 0.717) is 10.2 Å². The first-order valence-corrected chi connectivity index (χ1v) is 4.78. The number of nitrogens with one attached hydrogen (secondary N) is 1. The summed E-state index contributed by atoms with van der Waals surface area (Å²) in [5.41, 5.74) is 2.72. The third-order valence-electron chi connectivity index (χ3n) is 1.58. The van der Waals surface area contributed by atoms with Crippen LogP contribution in [0.5, 0.6) is 0 Å². The Labute approximate surface area is 93.9 Å². The molecule has 1 aromatic rings. The summed E-state index contributed by atoms with van der Waals surface area (Å²) in [4.78, 5) is 10.4. The van der Waals surface area contributed by atoms with Gasteiger partial charge < -0.3 is 5.11 Å². The Morgan fingerprint density at radius 3 is 2.87 bits per heavy atom. The number of hydrogen-bond acceptors (Lipinski definition) is 3. The quantitative estimate of drug-likeness (QED) is 0.658. The molecule has 0 aliphatic carbocycles. The van der Waals surface area contributed by atoms with Gasteiger partial charge in [-0.25, -0.2) is 9.18 Å². The lowest BCUT2D eigenvalue weighted by molar-refractivity contribution is -0.129. The van der Waals surface area contributed by atoms with Gasteiger partial charge in [-0.05, 0) is 41.1 Å². The Hall–Kier alpha value is -1.43. The van der Waals surface area contributed by atoms with E-state index in [1.807, 2.05) is 0 Å². The number of hydrogen-bond donors (Lipinski definition) is 2. The van der Waals surface area contributed by atoms with Gasteiger partial charge >= 0.3 is 5.97 Å². The molecule has 0 fully saturated rings. The largest absolute Gasteiger partial charge is 0.477 e. The fraction of sp³-hybridized carbons (Fsp3) is 0.111. The molecule has 6 heteroatoms. The van der Waals surface area contributed by atoms with Gasteiger partial charge in [-0.1, -0.05) is 0 Å². The fourth-order valence-corrected chi connectivity index (χ4v) is 1.11. The molecule has 80 valence electrons. The van der Waals surface area contributed by atoms with E-state index in [1.54, 1.807) is 0 Å². The van der Waals surface area contributed by atoms with Crippen LogP contribution in [0.3, 0.4) is 0 Å². The van der Waals surface area contributed by atoms with Gasteiger partial charge in [0.1, 0.15) is 11.5 Å². The van der Waals surface area contributed by atoms with Gasteiger partial charge in [0.25, 0.3) is 0 Å². The van der Waals surface area contributed by atoms with Crippen molar-refractivity contribution < 1.29 is 14.3 Å². The van der Waals surface area contributed by atoms with E-state index >= 15 is 0 Å². The minimum absolute atomic E-state index is 0.105. The molecule has 0 saturated heterocycles. The Balaban J connectivity index is 2.86. The van der Waals surface area contributed by atoms with Crippen LogP contribution in [-0.4, -0.2) is 16.8 Å². The second-order valence-corrected chi connectivity index (χ2v) is 3.59. The minimum atomic E-state index is -1.13. The van der Waals surface area contributed by atoms with Crippen molar-refractivity contribution in [1.29, 1.82) is 0 Å². The molecule has 0 heterocycles. The SMILES string of the molecule is CC(=NNc1cc(F)ccc1Br)C(=O)O. The molecule has 0 atom stereocenters. The zero-order valence-corrected chi connectivity index (χ0v) is 9.38. The molecule has 0 spiro atoms. The first-order valence-electron chi connectivity index (χ1n) is 3.99. The summed E-state index contributed by atoms with van der Waals surface area (Å²) >= 11 is 3.17. The van der Waals surface area contributed by atoms with Crippen LogP contribution in [0.25, 0.3) is 0 Å². The van der Waals surface area contributed by atoms with Crippen LogP contribution < -0.4 is 5.43 Å². The third-order valence-corrected chi connectivity index (χ3v) is 2.27. The van der Waals surface area contributed by atoms with E-state index < -0.39 is 11.8 Å². The smallest absolute Gasteiger partial charge is 0.351 e. The van der Waals surface area contributed by atoms with Crippen LogP contribution in [0, 0.1) is 5.82 Å². The zero-order valence-electron chi connectivity index (χ0n) is 7.79. The highest BCUT2D eigenvalue weighted by molar-refractivity contribution is 9.10. The van der Waals surface area contributed by atoms with Gasteiger partial charge in [-0.2, -0.15) is 5.10 Å². The third kappa shape index (κ3) is 3.32. The summed E-state index contributed by atoms with van der Waals surface area (Å²) in [6.45, 7) is 1.34. The molecule has 1 aromatic carbocycles. The minimum Gasteiger partial charge on any atom is -0.477 e. The molecule has 0 aliphatic rings. The molecule has 0 aromatic heterocycles. The molecular formula is C9H8BrFN2O2. The van der Waals surface area contributed by atoms with Crippen molar-refractivity contribution in [3.05, 3.63) is 28.5 Å². The molecule has 0 amide bonds. The average molecular weight is 275 g/mol. The van der Waals surface area contributed by atoms with Crippen LogP contribution >= 0.6 is 15.9 Å². The number of aliphatic carboxylic acids is 1. The number of hydrazone groups is 1. The summed E-state index contributed by atoms with van der Waals surface area (Å²) in [5, 5.41) is 12.1. The lowest BCUT2D eigenvalue weighted by atomic mass is 10.3. The number of carboxylic acids is 1. The molecule has 0 radical (unpaired) electrons. The highest BCUT2D eigenvalue weighted by atomic mass is 79.9. The lowest BCUT2D eigenvalue weighted by Gasteiger charge is -2.03. The number of carbonyl (C=O) groups is 1. The van der Waals surface area contributed by atoms with Crippen LogP contribution in [0.15, 0.2) is 27.8 Å². The standard InChI is InChI=1S/C9H8BrFN2O2/c1-5(9(14)15)12-13-8-4-6(11)2-3-7(8)10/h2-4,13H,1H3,(H,14,15). The number of carboxylic acid groups (broad SMARTS) is 1. The van der Waals surface area contributed by atoms with Gasteiger partial charge in [0, 0.05) is 4.47 Å². The highest BCUT2D eigenvalue weighted by Crippen LogP contribution is 2.22. The Bertz CT molecular complexity index is 421. The maximum absolute atomic E-state index is 12.8. The maximum atomic E-state index is 12.8. The molecule has 0 unspecified atom stereocenters. The molecule has 0 bridgehead atoms. The summed E-state index contributed by atoms with van der Waals surface area (Å²) < 4.78 is 13.4. The number of halogens is 2. The van der Waals surface area contributed by atoms with Gasteiger partial charge in [0.15, 0.2) is 0 Å². The molecule has 1 rings (SSSR count). The second kappa shape index (κ2) is 4.88. The number of rotatable bonds is 3. The van der Waals surface area contributed by atoms with E-state index in [9.17, 15) is 9.18 Å². The van der Waals surface area contributed by atoms with Crippen molar-refractivity contribution in [2.24, 2.45) is 5.10 Å². The summed E-state index contributed by atoms with van der Waals surface area (Å²) in [5.74, 6) is -1.56. The fourth-order valence-electron chi connectivity index (χ4n) is 0.775. The summed E-state index contributed by atoms with van der Waals surface area (Å²) in [6, 6.07) is 4.00. The normalized spacial score (nSPS) is 11.3. The number of nitrogens with zero attached hydrogens (tertiary/aromatic N) is 1. The van der Waals surface area contributed by atoms with Gasteiger partial charge in [0.2, 0.25) is 0 Å². The van der Waals surface area contributed by atoms with E-state index in [-0.39, 0.29) is 5.71 Å². The predicted molar refractivity (Wildman–Crippen MR) is 58.5 cm³/mol. The van der Waals surface area contributed by atoms with Crippen molar-refractivity contribution in [1.82, 2.24) is 0 Å². The van der Waals surface area contributed by atoms with Gasteiger partial charge in [0.05, 0.1) is 5.69 Å². The van der Waals surface area contributed by atoms with Crippen molar-refractivity contribution in [2.75, 3.05) is 5.43 Å². The summed E-state index contributed by atoms with van der Waals surface area (Å²) in [7, 11) is 0. The molecular weight excluding hydrogens is 267 g/mol. The highest BCUT2D eigenvalue weighted by Gasteiger charge is 2.03. The predicted octanol–water partition coefficient (Wildman–Crippen LogP) is 2.46. The first-order chi connectivity index (χ1) is 7.00. The molecule has 4 nitrogen and oxygen atoms in total. The van der Waals surface area contributed by atoms with Crippen LogP contribution in [0.4, 0.5) is 10.1 Å². The Morgan fingerprint density at radius 1 is 1.60 bits per heavy atom. The lowest BCUT2D eigenvalue weighted by Crippen LogP contribution is -2.10. The maximum Gasteiger partial charge on any atom is 0.351 e. The number of anilines is 1. The van der Waals surface area contributed by atoms with Crippen LogP contribution in [0.2, 0.25) is 0 Å².